The summed E-state index contributed by atoms with van der Waals surface area (Å²) in [6.45, 7) is 4.10. The molecule has 2 aromatic rings. The minimum atomic E-state index is 0.269. The van der Waals surface area contributed by atoms with Gasteiger partial charge in [-0.3, -0.25) is 5.26 Å². The van der Waals surface area contributed by atoms with E-state index in [9.17, 15) is 5.11 Å². The van der Waals surface area contributed by atoms with Crippen LogP contribution in [0.2, 0.25) is 0 Å². The first kappa shape index (κ1) is 17.8. The van der Waals surface area contributed by atoms with E-state index >= 15 is 0 Å². The normalized spacial score (nSPS) is 10.8. The quantitative estimate of drug-likeness (QED) is 0.326. The lowest BCUT2D eigenvalue weighted by Crippen LogP contribution is -1.98. The standard InChI is InChI=1S/C16H16I2O4/c1-9-6-12(8-13(17)15(9)19)22-16-10(2)5-11(3-4-21-20)7-14(16)18/h5-8,19-20H,3-4H2,1-2H3. The number of halogens is 2. The van der Waals surface area contributed by atoms with Gasteiger partial charge in [0.05, 0.1) is 13.7 Å². The minimum absolute atomic E-state index is 0.269. The number of hydrogen-bond acceptors (Lipinski definition) is 4. The first-order chi connectivity index (χ1) is 10.4. The number of hydrogen-bond donors (Lipinski definition) is 2. The Balaban J connectivity index is 2.30. The van der Waals surface area contributed by atoms with E-state index < -0.39 is 0 Å². The Morgan fingerprint density at radius 3 is 2.32 bits per heavy atom. The third-order valence-corrected chi connectivity index (χ3v) is 4.84. The van der Waals surface area contributed by atoms with E-state index in [4.69, 9.17) is 9.99 Å². The van der Waals surface area contributed by atoms with Crippen molar-refractivity contribution in [1.82, 2.24) is 0 Å². The van der Waals surface area contributed by atoms with Crippen molar-refractivity contribution in [2.75, 3.05) is 6.61 Å². The molecule has 0 heterocycles. The molecule has 0 atom stereocenters. The van der Waals surface area contributed by atoms with Crippen LogP contribution in [-0.4, -0.2) is 17.0 Å². The highest BCUT2D eigenvalue weighted by atomic mass is 127. The molecular weight excluding hydrogens is 510 g/mol. The molecule has 2 N–H and O–H groups in total. The van der Waals surface area contributed by atoms with Crippen LogP contribution in [0, 0.1) is 21.0 Å². The molecule has 2 rings (SSSR count). The van der Waals surface area contributed by atoms with Gasteiger partial charge in [0, 0.05) is 0 Å². The van der Waals surface area contributed by atoms with E-state index in [0.717, 1.165) is 29.6 Å². The first-order valence-corrected chi connectivity index (χ1v) is 8.80. The molecule has 0 saturated carbocycles. The van der Waals surface area contributed by atoms with Gasteiger partial charge in [0.1, 0.15) is 17.2 Å². The zero-order chi connectivity index (χ0) is 16.3. The summed E-state index contributed by atoms with van der Waals surface area (Å²) in [6.07, 6.45) is 0.643. The average molecular weight is 526 g/mol. The molecule has 0 fully saturated rings. The molecule has 2 aromatic carbocycles. The van der Waals surface area contributed by atoms with Crippen molar-refractivity contribution in [1.29, 1.82) is 0 Å². The number of rotatable bonds is 5. The van der Waals surface area contributed by atoms with Crippen molar-refractivity contribution in [3.8, 4) is 17.2 Å². The number of aryl methyl sites for hydroxylation is 2. The van der Waals surface area contributed by atoms with Crippen LogP contribution in [0.4, 0.5) is 0 Å². The molecule has 6 heteroatoms. The van der Waals surface area contributed by atoms with Gasteiger partial charge in [0.2, 0.25) is 0 Å². The molecule has 22 heavy (non-hydrogen) atoms. The number of phenolic OH excluding ortho intramolecular Hbond substituents is 1. The van der Waals surface area contributed by atoms with Crippen LogP contribution in [-0.2, 0) is 11.3 Å². The summed E-state index contributed by atoms with van der Waals surface area (Å²) in [5, 5.41) is 18.3. The topological polar surface area (TPSA) is 58.9 Å². The largest absolute Gasteiger partial charge is 0.507 e. The van der Waals surface area contributed by atoms with E-state index in [0.29, 0.717) is 17.9 Å². The third kappa shape index (κ3) is 4.24. The molecule has 0 spiro atoms. The van der Waals surface area contributed by atoms with E-state index in [2.05, 4.69) is 50.1 Å². The highest BCUT2D eigenvalue weighted by Gasteiger charge is 2.11. The highest BCUT2D eigenvalue weighted by molar-refractivity contribution is 14.1. The Morgan fingerprint density at radius 2 is 1.73 bits per heavy atom. The van der Waals surface area contributed by atoms with E-state index in [1.54, 1.807) is 0 Å². The van der Waals surface area contributed by atoms with Crippen molar-refractivity contribution in [2.24, 2.45) is 0 Å². The second kappa shape index (κ2) is 7.80. The molecular formula is C16H16I2O4. The zero-order valence-corrected chi connectivity index (χ0v) is 16.5. The molecule has 0 unspecified atom stereocenters. The molecule has 118 valence electrons. The maximum absolute atomic E-state index is 9.83. The van der Waals surface area contributed by atoms with Crippen LogP contribution in [0.1, 0.15) is 16.7 Å². The summed E-state index contributed by atoms with van der Waals surface area (Å²) in [5.41, 5.74) is 2.88. The lowest BCUT2D eigenvalue weighted by atomic mass is 10.1. The summed E-state index contributed by atoms with van der Waals surface area (Å²) >= 11 is 4.32. The Labute approximate surface area is 156 Å². The molecule has 0 radical (unpaired) electrons. The van der Waals surface area contributed by atoms with Crippen LogP contribution in [0.25, 0.3) is 0 Å². The van der Waals surface area contributed by atoms with E-state index in [1.165, 1.54) is 0 Å². The maximum atomic E-state index is 9.83. The van der Waals surface area contributed by atoms with Gasteiger partial charge in [-0.1, -0.05) is 6.07 Å². The average Bonchev–Trinajstić information content (AvgIpc) is 2.46. The van der Waals surface area contributed by atoms with Crippen LogP contribution < -0.4 is 4.74 Å². The van der Waals surface area contributed by atoms with E-state index in [1.807, 2.05) is 38.1 Å². The Bertz CT molecular complexity index is 640. The second-order valence-electron chi connectivity index (χ2n) is 4.98. The van der Waals surface area contributed by atoms with Gasteiger partial charge in [-0.25, -0.2) is 4.89 Å². The predicted octanol–water partition coefficient (Wildman–Crippen LogP) is 5.04. The van der Waals surface area contributed by atoms with Gasteiger partial charge >= 0.3 is 0 Å². The van der Waals surface area contributed by atoms with Gasteiger partial charge in [0.15, 0.2) is 0 Å². The fourth-order valence-electron chi connectivity index (χ4n) is 2.12. The van der Waals surface area contributed by atoms with Gasteiger partial charge in [-0.2, -0.15) is 0 Å². The van der Waals surface area contributed by atoms with Gasteiger partial charge in [0.25, 0.3) is 0 Å². The Hall–Kier alpha value is -0.580. The van der Waals surface area contributed by atoms with Crippen LogP contribution in [0.3, 0.4) is 0 Å². The van der Waals surface area contributed by atoms with Crippen molar-refractivity contribution in [2.45, 2.75) is 20.3 Å². The fraction of sp³-hybridized carbons (Fsp3) is 0.250. The number of benzene rings is 2. The molecule has 0 aliphatic rings. The SMILES string of the molecule is Cc1cc(Oc2c(C)cc(CCOO)cc2I)cc(I)c1O. The van der Waals surface area contributed by atoms with E-state index in [-0.39, 0.29) is 6.61 Å². The molecule has 0 aliphatic heterocycles. The van der Waals surface area contributed by atoms with Crippen molar-refractivity contribution in [3.05, 3.63) is 48.1 Å². The number of phenols is 1. The van der Waals surface area contributed by atoms with Crippen LogP contribution in [0.5, 0.6) is 17.2 Å². The zero-order valence-electron chi connectivity index (χ0n) is 12.2. The summed E-state index contributed by atoms with van der Waals surface area (Å²) in [7, 11) is 0. The summed E-state index contributed by atoms with van der Waals surface area (Å²) in [5.74, 6) is 1.79. The van der Waals surface area contributed by atoms with Crippen molar-refractivity contribution < 1.29 is 20.0 Å². The summed E-state index contributed by atoms with van der Waals surface area (Å²) in [4.78, 5) is 4.13. The molecule has 4 nitrogen and oxygen atoms in total. The number of ether oxygens (including phenoxy) is 1. The van der Waals surface area contributed by atoms with Crippen LogP contribution in [0.15, 0.2) is 24.3 Å². The van der Waals surface area contributed by atoms with Crippen molar-refractivity contribution in [3.63, 3.8) is 0 Å². The fourth-order valence-corrected chi connectivity index (χ4v) is 3.79. The summed E-state index contributed by atoms with van der Waals surface area (Å²) in [6, 6.07) is 7.67. The lowest BCUT2D eigenvalue weighted by molar-refractivity contribution is -0.241. The predicted molar refractivity (Wildman–Crippen MR) is 102 cm³/mol. The van der Waals surface area contributed by atoms with Gasteiger partial charge in [-0.15, -0.1) is 0 Å². The first-order valence-electron chi connectivity index (χ1n) is 6.64. The molecule has 0 saturated heterocycles. The second-order valence-corrected chi connectivity index (χ2v) is 7.30. The third-order valence-electron chi connectivity index (χ3n) is 3.22. The minimum Gasteiger partial charge on any atom is -0.507 e. The highest BCUT2D eigenvalue weighted by Crippen LogP contribution is 2.35. The van der Waals surface area contributed by atoms with Crippen LogP contribution >= 0.6 is 45.2 Å². The lowest BCUT2D eigenvalue weighted by Gasteiger charge is -2.14. The Morgan fingerprint density at radius 1 is 1.00 bits per heavy atom. The maximum Gasteiger partial charge on any atom is 0.143 e. The molecule has 0 bridgehead atoms. The number of aromatic hydroxyl groups is 1. The monoisotopic (exact) mass is 526 g/mol. The van der Waals surface area contributed by atoms with Gasteiger partial charge in [-0.05, 0) is 100 Å². The van der Waals surface area contributed by atoms with Gasteiger partial charge < -0.3 is 9.84 Å². The molecule has 0 aromatic heterocycles. The smallest absolute Gasteiger partial charge is 0.143 e. The molecule has 0 aliphatic carbocycles. The summed E-state index contributed by atoms with van der Waals surface area (Å²) < 4.78 is 7.77. The molecule has 0 amide bonds. The van der Waals surface area contributed by atoms with Crippen molar-refractivity contribution >= 4 is 45.2 Å². The Kier molecular flexibility index (Phi) is 6.30.